The molecule has 0 spiro atoms. The average molecular weight is 309 g/mol. The van der Waals surface area contributed by atoms with Crippen molar-refractivity contribution in [1.29, 1.82) is 0 Å². The standard InChI is InChI=1S/C17H19N5O/c1-10-5-6-14(11(2)7-10)19-15-8-12(3)18-17(20-15)21-16-9-13(4)23-22-16/h5-9H,1-4H3,(H2,18,19,20,21,22). The molecule has 0 amide bonds. The van der Waals surface area contributed by atoms with E-state index in [0.29, 0.717) is 11.8 Å². The number of aromatic nitrogens is 3. The molecule has 0 aliphatic carbocycles. The molecule has 0 aliphatic heterocycles. The summed E-state index contributed by atoms with van der Waals surface area (Å²) < 4.78 is 5.04. The van der Waals surface area contributed by atoms with E-state index in [1.807, 2.05) is 19.9 Å². The van der Waals surface area contributed by atoms with Gasteiger partial charge in [0, 0.05) is 23.5 Å². The number of hydrogen-bond acceptors (Lipinski definition) is 6. The van der Waals surface area contributed by atoms with Crippen LogP contribution >= 0.6 is 0 Å². The van der Waals surface area contributed by atoms with Gasteiger partial charge in [-0.2, -0.15) is 4.98 Å². The van der Waals surface area contributed by atoms with Crippen molar-refractivity contribution in [2.24, 2.45) is 0 Å². The lowest BCUT2D eigenvalue weighted by Crippen LogP contribution is -2.03. The minimum atomic E-state index is 0.477. The van der Waals surface area contributed by atoms with Crippen molar-refractivity contribution >= 4 is 23.3 Å². The maximum atomic E-state index is 5.04. The van der Waals surface area contributed by atoms with Gasteiger partial charge in [0.05, 0.1) is 0 Å². The highest BCUT2D eigenvalue weighted by Crippen LogP contribution is 2.22. The number of hydrogen-bond donors (Lipinski definition) is 2. The van der Waals surface area contributed by atoms with Crippen LogP contribution < -0.4 is 10.6 Å². The normalized spacial score (nSPS) is 10.6. The fourth-order valence-corrected chi connectivity index (χ4v) is 2.32. The Morgan fingerprint density at radius 3 is 2.39 bits per heavy atom. The summed E-state index contributed by atoms with van der Waals surface area (Å²) >= 11 is 0. The van der Waals surface area contributed by atoms with E-state index in [-0.39, 0.29) is 0 Å². The van der Waals surface area contributed by atoms with Crippen LogP contribution in [-0.2, 0) is 0 Å². The Hall–Kier alpha value is -2.89. The first-order valence-corrected chi connectivity index (χ1v) is 7.40. The van der Waals surface area contributed by atoms with Crippen molar-refractivity contribution in [2.45, 2.75) is 27.7 Å². The molecule has 2 aromatic heterocycles. The van der Waals surface area contributed by atoms with E-state index >= 15 is 0 Å². The van der Waals surface area contributed by atoms with Crippen molar-refractivity contribution in [1.82, 2.24) is 15.1 Å². The molecule has 0 aliphatic rings. The third-order valence-electron chi connectivity index (χ3n) is 3.37. The van der Waals surface area contributed by atoms with Crippen LogP contribution in [0, 0.1) is 27.7 Å². The fraction of sp³-hybridized carbons (Fsp3) is 0.235. The molecular weight excluding hydrogens is 290 g/mol. The third-order valence-corrected chi connectivity index (χ3v) is 3.37. The first-order valence-electron chi connectivity index (χ1n) is 7.40. The van der Waals surface area contributed by atoms with Crippen molar-refractivity contribution in [2.75, 3.05) is 10.6 Å². The number of anilines is 4. The first-order chi connectivity index (χ1) is 11.0. The van der Waals surface area contributed by atoms with Gasteiger partial charge in [0.2, 0.25) is 5.95 Å². The van der Waals surface area contributed by atoms with Gasteiger partial charge in [-0.3, -0.25) is 0 Å². The first kappa shape index (κ1) is 15.0. The molecule has 0 atom stereocenters. The van der Waals surface area contributed by atoms with Crippen LogP contribution in [0.4, 0.5) is 23.3 Å². The maximum absolute atomic E-state index is 5.04. The van der Waals surface area contributed by atoms with E-state index < -0.39 is 0 Å². The molecule has 0 bridgehead atoms. The molecule has 0 saturated carbocycles. The Kier molecular flexibility index (Phi) is 3.97. The second-order valence-corrected chi connectivity index (χ2v) is 5.61. The van der Waals surface area contributed by atoms with Gasteiger partial charge in [-0.1, -0.05) is 22.9 Å². The maximum Gasteiger partial charge on any atom is 0.230 e. The summed E-state index contributed by atoms with van der Waals surface area (Å²) in [7, 11) is 0. The number of benzene rings is 1. The van der Waals surface area contributed by atoms with E-state index in [1.54, 1.807) is 6.07 Å². The quantitative estimate of drug-likeness (QED) is 0.752. The Balaban J connectivity index is 1.85. The van der Waals surface area contributed by atoms with Crippen molar-refractivity contribution < 1.29 is 4.52 Å². The van der Waals surface area contributed by atoms with Crippen molar-refractivity contribution in [3.8, 4) is 0 Å². The van der Waals surface area contributed by atoms with Crippen LogP contribution in [0.2, 0.25) is 0 Å². The van der Waals surface area contributed by atoms with Gasteiger partial charge in [0.25, 0.3) is 0 Å². The molecule has 0 fully saturated rings. The molecule has 0 saturated heterocycles. The van der Waals surface area contributed by atoms with Crippen LogP contribution in [0.5, 0.6) is 0 Å². The largest absolute Gasteiger partial charge is 0.360 e. The molecular formula is C17H19N5O. The lowest BCUT2D eigenvalue weighted by molar-refractivity contribution is 0.400. The summed E-state index contributed by atoms with van der Waals surface area (Å²) in [4.78, 5) is 8.85. The number of nitrogens with zero attached hydrogens (tertiary/aromatic N) is 3. The molecule has 0 unspecified atom stereocenters. The summed E-state index contributed by atoms with van der Waals surface area (Å²) in [5, 5.41) is 10.3. The van der Waals surface area contributed by atoms with Gasteiger partial charge in [0.1, 0.15) is 11.6 Å². The fourth-order valence-electron chi connectivity index (χ4n) is 2.32. The van der Waals surface area contributed by atoms with Crippen LogP contribution in [0.15, 0.2) is 34.9 Å². The van der Waals surface area contributed by atoms with Gasteiger partial charge in [-0.05, 0) is 39.3 Å². The molecule has 6 nitrogen and oxygen atoms in total. The molecule has 23 heavy (non-hydrogen) atoms. The zero-order chi connectivity index (χ0) is 16.4. The van der Waals surface area contributed by atoms with Crippen LogP contribution in [0.25, 0.3) is 0 Å². The summed E-state index contributed by atoms with van der Waals surface area (Å²) in [5.74, 6) is 2.53. The molecule has 2 heterocycles. The van der Waals surface area contributed by atoms with E-state index in [2.05, 4.69) is 57.8 Å². The monoisotopic (exact) mass is 309 g/mol. The lowest BCUT2D eigenvalue weighted by Gasteiger charge is -2.11. The Labute approximate surface area is 135 Å². The van der Waals surface area contributed by atoms with Gasteiger partial charge in [-0.15, -0.1) is 0 Å². The van der Waals surface area contributed by atoms with Crippen LogP contribution in [0.1, 0.15) is 22.6 Å². The van der Waals surface area contributed by atoms with Crippen molar-refractivity contribution in [3.05, 3.63) is 52.9 Å². The van der Waals surface area contributed by atoms with Crippen LogP contribution in [0.3, 0.4) is 0 Å². The van der Waals surface area contributed by atoms with E-state index in [9.17, 15) is 0 Å². The second-order valence-electron chi connectivity index (χ2n) is 5.61. The predicted molar refractivity (Wildman–Crippen MR) is 90.5 cm³/mol. The van der Waals surface area contributed by atoms with Gasteiger partial charge < -0.3 is 15.2 Å². The van der Waals surface area contributed by atoms with Gasteiger partial charge >= 0.3 is 0 Å². The van der Waals surface area contributed by atoms with E-state index in [0.717, 1.165) is 23.0 Å². The lowest BCUT2D eigenvalue weighted by atomic mass is 10.1. The zero-order valence-electron chi connectivity index (χ0n) is 13.6. The highest BCUT2D eigenvalue weighted by Gasteiger charge is 2.07. The third kappa shape index (κ3) is 3.66. The summed E-state index contributed by atoms with van der Waals surface area (Å²) in [6, 6.07) is 9.95. The Bertz CT molecular complexity index is 841. The smallest absolute Gasteiger partial charge is 0.230 e. The Morgan fingerprint density at radius 2 is 1.70 bits per heavy atom. The molecule has 1 aromatic carbocycles. The molecule has 3 aromatic rings. The molecule has 118 valence electrons. The SMILES string of the molecule is Cc1ccc(Nc2cc(C)nc(Nc3cc(C)on3)n2)c(C)c1. The average Bonchev–Trinajstić information content (AvgIpc) is 2.86. The highest BCUT2D eigenvalue weighted by atomic mass is 16.5. The molecule has 0 radical (unpaired) electrons. The molecule has 3 rings (SSSR count). The number of rotatable bonds is 4. The topological polar surface area (TPSA) is 75.9 Å². The second kappa shape index (κ2) is 6.08. The zero-order valence-corrected chi connectivity index (χ0v) is 13.6. The van der Waals surface area contributed by atoms with Crippen LogP contribution in [-0.4, -0.2) is 15.1 Å². The van der Waals surface area contributed by atoms with Gasteiger partial charge in [0.15, 0.2) is 5.82 Å². The predicted octanol–water partition coefficient (Wildman–Crippen LogP) is 4.19. The van der Waals surface area contributed by atoms with Gasteiger partial charge in [-0.25, -0.2) is 4.98 Å². The number of aryl methyl sites for hydroxylation is 4. The summed E-state index contributed by atoms with van der Waals surface area (Å²) in [6.07, 6.45) is 0. The highest BCUT2D eigenvalue weighted by molar-refractivity contribution is 5.62. The minimum absolute atomic E-state index is 0.477. The van der Waals surface area contributed by atoms with E-state index in [1.165, 1.54) is 11.1 Å². The summed E-state index contributed by atoms with van der Waals surface area (Å²) in [5.41, 5.74) is 4.28. The number of nitrogens with one attached hydrogen (secondary N) is 2. The molecule has 2 N–H and O–H groups in total. The van der Waals surface area contributed by atoms with Crippen molar-refractivity contribution in [3.63, 3.8) is 0 Å². The summed E-state index contributed by atoms with van der Waals surface area (Å²) in [6.45, 7) is 7.91. The van der Waals surface area contributed by atoms with E-state index in [4.69, 9.17) is 4.52 Å². The minimum Gasteiger partial charge on any atom is -0.360 e. The molecule has 6 heteroatoms. The Morgan fingerprint density at radius 1 is 0.870 bits per heavy atom.